The van der Waals surface area contributed by atoms with E-state index in [0.29, 0.717) is 23.9 Å². The van der Waals surface area contributed by atoms with E-state index in [0.717, 1.165) is 23.0 Å². The van der Waals surface area contributed by atoms with Crippen molar-refractivity contribution in [1.82, 2.24) is 14.5 Å². The van der Waals surface area contributed by atoms with Gasteiger partial charge in [0.2, 0.25) is 5.91 Å². The highest BCUT2D eigenvalue weighted by Crippen LogP contribution is 2.28. The Balaban J connectivity index is 1.41. The van der Waals surface area contributed by atoms with Gasteiger partial charge >= 0.3 is 0 Å². The highest BCUT2D eigenvalue weighted by atomic mass is 16.2. The van der Waals surface area contributed by atoms with Crippen LogP contribution in [0.4, 0.5) is 0 Å². The zero-order valence-corrected chi connectivity index (χ0v) is 17.0. The molecular formula is C26H21N3O2. The SMILES string of the molecule is O=C(Cn1c2ccccc2c(=O)c2ccccc21)N1CCc2[nH]c3ccccc3c2C1. The summed E-state index contributed by atoms with van der Waals surface area (Å²) in [7, 11) is 0. The summed E-state index contributed by atoms with van der Waals surface area (Å²) in [5, 5.41) is 2.48. The molecule has 3 heterocycles. The molecule has 5 aromatic rings. The highest BCUT2D eigenvalue weighted by molar-refractivity contribution is 5.95. The molecule has 0 spiro atoms. The van der Waals surface area contributed by atoms with Gasteiger partial charge in [0.25, 0.3) is 0 Å². The first-order valence-corrected chi connectivity index (χ1v) is 10.6. The summed E-state index contributed by atoms with van der Waals surface area (Å²) in [6.07, 6.45) is 0.821. The van der Waals surface area contributed by atoms with E-state index >= 15 is 0 Å². The molecule has 3 aromatic carbocycles. The Morgan fingerprint density at radius 1 is 0.839 bits per heavy atom. The molecule has 0 aliphatic carbocycles. The third-order valence-electron chi connectivity index (χ3n) is 6.41. The molecule has 5 heteroatoms. The number of rotatable bonds is 2. The van der Waals surface area contributed by atoms with E-state index in [-0.39, 0.29) is 17.9 Å². The molecule has 0 saturated carbocycles. The molecule has 0 bridgehead atoms. The molecule has 1 N–H and O–H groups in total. The second-order valence-corrected chi connectivity index (χ2v) is 8.14. The molecule has 5 nitrogen and oxygen atoms in total. The van der Waals surface area contributed by atoms with Crippen LogP contribution in [0.15, 0.2) is 77.6 Å². The first kappa shape index (κ1) is 18.0. The lowest BCUT2D eigenvalue weighted by atomic mass is 10.0. The molecule has 0 unspecified atom stereocenters. The fraction of sp³-hybridized carbons (Fsp3) is 0.154. The number of hydrogen-bond acceptors (Lipinski definition) is 2. The average Bonchev–Trinajstić information content (AvgIpc) is 3.19. The summed E-state index contributed by atoms with van der Waals surface area (Å²) in [5.74, 6) is 0.0647. The Kier molecular flexibility index (Phi) is 3.96. The molecule has 2 aromatic heterocycles. The summed E-state index contributed by atoms with van der Waals surface area (Å²) in [6.45, 7) is 1.50. The van der Waals surface area contributed by atoms with Crippen LogP contribution in [-0.4, -0.2) is 26.9 Å². The van der Waals surface area contributed by atoms with E-state index in [1.54, 1.807) is 0 Å². The average molecular weight is 407 g/mol. The minimum atomic E-state index is 0.0105. The zero-order chi connectivity index (χ0) is 20.9. The number of nitrogens with one attached hydrogen (secondary N) is 1. The van der Waals surface area contributed by atoms with Crippen molar-refractivity contribution in [3.05, 3.63) is 94.3 Å². The molecule has 0 fully saturated rings. The molecular weight excluding hydrogens is 386 g/mol. The van der Waals surface area contributed by atoms with Gasteiger partial charge in [0, 0.05) is 52.4 Å². The second-order valence-electron chi connectivity index (χ2n) is 8.14. The number of hydrogen-bond donors (Lipinski definition) is 1. The van der Waals surface area contributed by atoms with Crippen molar-refractivity contribution in [2.45, 2.75) is 19.5 Å². The number of pyridine rings is 1. The summed E-state index contributed by atoms with van der Waals surface area (Å²) < 4.78 is 1.99. The summed E-state index contributed by atoms with van der Waals surface area (Å²) in [6, 6.07) is 23.3. The van der Waals surface area contributed by atoms with E-state index in [4.69, 9.17) is 0 Å². The number of aromatic amines is 1. The van der Waals surface area contributed by atoms with Gasteiger partial charge in [-0.25, -0.2) is 0 Å². The predicted octanol–water partition coefficient (Wildman–Crippen LogP) is 4.22. The molecule has 0 saturated heterocycles. The van der Waals surface area contributed by atoms with E-state index in [1.807, 2.05) is 70.1 Å². The van der Waals surface area contributed by atoms with Crippen LogP contribution in [0.5, 0.6) is 0 Å². The van der Waals surface area contributed by atoms with Crippen molar-refractivity contribution < 1.29 is 4.79 Å². The monoisotopic (exact) mass is 407 g/mol. The number of fused-ring (bicyclic) bond motifs is 5. The number of benzene rings is 3. The molecule has 0 atom stereocenters. The molecule has 152 valence electrons. The van der Waals surface area contributed by atoms with Crippen molar-refractivity contribution in [3.8, 4) is 0 Å². The van der Waals surface area contributed by atoms with Gasteiger partial charge in [0.05, 0.1) is 11.0 Å². The second kappa shape index (κ2) is 6.84. The van der Waals surface area contributed by atoms with Gasteiger partial charge in [-0.1, -0.05) is 42.5 Å². The quantitative estimate of drug-likeness (QED) is 0.446. The number of amides is 1. The number of aromatic nitrogens is 2. The summed E-state index contributed by atoms with van der Waals surface area (Å²) in [4.78, 5) is 31.8. The maximum Gasteiger partial charge on any atom is 0.242 e. The van der Waals surface area contributed by atoms with Crippen LogP contribution in [0.2, 0.25) is 0 Å². The van der Waals surface area contributed by atoms with Gasteiger partial charge in [-0.05, 0) is 30.3 Å². The lowest BCUT2D eigenvalue weighted by molar-refractivity contribution is -0.132. The largest absolute Gasteiger partial charge is 0.358 e. The number of para-hydroxylation sites is 3. The van der Waals surface area contributed by atoms with E-state index in [2.05, 4.69) is 17.1 Å². The Morgan fingerprint density at radius 2 is 1.45 bits per heavy atom. The Labute approximate surface area is 178 Å². The zero-order valence-electron chi connectivity index (χ0n) is 17.0. The van der Waals surface area contributed by atoms with Gasteiger partial charge < -0.3 is 14.5 Å². The van der Waals surface area contributed by atoms with Gasteiger partial charge in [0.15, 0.2) is 5.43 Å². The lowest BCUT2D eigenvalue weighted by Gasteiger charge is -2.28. The summed E-state index contributed by atoms with van der Waals surface area (Å²) >= 11 is 0. The van der Waals surface area contributed by atoms with Crippen molar-refractivity contribution in [3.63, 3.8) is 0 Å². The number of carbonyl (C=O) groups excluding carboxylic acids is 1. The highest BCUT2D eigenvalue weighted by Gasteiger charge is 2.24. The van der Waals surface area contributed by atoms with E-state index in [1.165, 1.54) is 16.6 Å². The van der Waals surface area contributed by atoms with Crippen molar-refractivity contribution in [2.75, 3.05) is 6.54 Å². The molecule has 1 aliphatic rings. The normalized spacial score (nSPS) is 13.7. The maximum absolute atomic E-state index is 13.4. The maximum atomic E-state index is 13.4. The van der Waals surface area contributed by atoms with Gasteiger partial charge in [0.1, 0.15) is 6.54 Å². The standard InChI is InChI=1S/C26H21N3O2/c30-25(28-14-13-22-20(15-28)17-7-1-4-10-21(17)27-22)16-29-23-11-5-2-8-18(23)26(31)19-9-3-6-12-24(19)29/h1-12,27H,13-16H2. The predicted molar refractivity (Wildman–Crippen MR) is 123 cm³/mol. The molecule has 1 aliphatic heterocycles. The molecule has 31 heavy (non-hydrogen) atoms. The van der Waals surface area contributed by atoms with Gasteiger partial charge in [-0.3, -0.25) is 9.59 Å². The van der Waals surface area contributed by atoms with Crippen LogP contribution in [-0.2, 0) is 24.3 Å². The van der Waals surface area contributed by atoms with Crippen LogP contribution >= 0.6 is 0 Å². The topological polar surface area (TPSA) is 58.1 Å². The Hall–Kier alpha value is -3.86. The minimum Gasteiger partial charge on any atom is -0.358 e. The first-order chi connectivity index (χ1) is 15.2. The Morgan fingerprint density at radius 3 is 2.16 bits per heavy atom. The van der Waals surface area contributed by atoms with Crippen LogP contribution < -0.4 is 5.43 Å². The van der Waals surface area contributed by atoms with Crippen molar-refractivity contribution in [2.24, 2.45) is 0 Å². The van der Waals surface area contributed by atoms with Gasteiger partial charge in [-0.15, -0.1) is 0 Å². The van der Waals surface area contributed by atoms with Crippen LogP contribution in [0.25, 0.3) is 32.7 Å². The summed E-state index contributed by atoms with van der Waals surface area (Å²) in [5.41, 5.74) is 5.17. The lowest BCUT2D eigenvalue weighted by Crippen LogP contribution is -2.38. The van der Waals surface area contributed by atoms with Crippen molar-refractivity contribution in [1.29, 1.82) is 0 Å². The van der Waals surface area contributed by atoms with Crippen LogP contribution in [0.3, 0.4) is 0 Å². The minimum absolute atomic E-state index is 0.0105. The number of carbonyl (C=O) groups is 1. The fourth-order valence-electron chi connectivity index (χ4n) is 4.86. The molecule has 1 amide bonds. The van der Waals surface area contributed by atoms with E-state index < -0.39 is 0 Å². The molecule has 0 radical (unpaired) electrons. The third-order valence-corrected chi connectivity index (χ3v) is 6.41. The molecule has 6 rings (SSSR count). The fourth-order valence-corrected chi connectivity index (χ4v) is 4.86. The number of H-pyrrole nitrogens is 1. The van der Waals surface area contributed by atoms with E-state index in [9.17, 15) is 9.59 Å². The van der Waals surface area contributed by atoms with Crippen LogP contribution in [0, 0.1) is 0 Å². The first-order valence-electron chi connectivity index (χ1n) is 10.6. The Bertz CT molecular complexity index is 1480. The smallest absolute Gasteiger partial charge is 0.242 e. The number of nitrogens with zero attached hydrogens (tertiary/aromatic N) is 2. The third kappa shape index (κ3) is 2.77. The van der Waals surface area contributed by atoms with Crippen molar-refractivity contribution >= 4 is 38.6 Å². The van der Waals surface area contributed by atoms with Crippen LogP contribution in [0.1, 0.15) is 11.3 Å². The van der Waals surface area contributed by atoms with Gasteiger partial charge in [-0.2, -0.15) is 0 Å².